The molecule has 0 fully saturated rings. The van der Waals surface area contributed by atoms with E-state index in [4.69, 9.17) is 16.2 Å². The van der Waals surface area contributed by atoms with E-state index in [1.165, 1.54) is 11.3 Å². The van der Waals surface area contributed by atoms with Crippen molar-refractivity contribution in [2.75, 3.05) is 5.73 Å². The summed E-state index contributed by atoms with van der Waals surface area (Å²) >= 11 is 1.27. The quantitative estimate of drug-likeness (QED) is 0.835. The molecule has 6 nitrogen and oxygen atoms in total. The molecule has 17 heavy (non-hydrogen) atoms. The van der Waals surface area contributed by atoms with Crippen LogP contribution in [-0.4, -0.2) is 16.1 Å². The van der Waals surface area contributed by atoms with Crippen LogP contribution in [0.4, 0.5) is 5.13 Å². The van der Waals surface area contributed by atoms with Crippen molar-refractivity contribution in [3.63, 3.8) is 0 Å². The van der Waals surface area contributed by atoms with Gasteiger partial charge in [0.25, 0.3) is 0 Å². The monoisotopic (exact) mass is 250 g/mol. The smallest absolute Gasteiger partial charge is 0.248 e. The number of nitrogen functional groups attached to an aromatic ring is 1. The topological polar surface area (TPSA) is 104 Å². The Labute approximate surface area is 101 Å². The molecule has 0 unspecified atom stereocenters. The van der Waals surface area contributed by atoms with Crippen LogP contribution in [0.3, 0.4) is 0 Å². The van der Waals surface area contributed by atoms with Gasteiger partial charge in [0.2, 0.25) is 11.0 Å². The largest absolute Gasteiger partial charge is 0.486 e. The van der Waals surface area contributed by atoms with Gasteiger partial charge in [-0.1, -0.05) is 11.3 Å². The predicted molar refractivity (Wildman–Crippen MR) is 63.6 cm³/mol. The zero-order valence-corrected chi connectivity index (χ0v) is 9.61. The number of carbonyl (C=O) groups is 1. The Morgan fingerprint density at radius 3 is 2.53 bits per heavy atom. The highest BCUT2D eigenvalue weighted by Gasteiger charge is 2.03. The molecule has 1 aromatic carbocycles. The fourth-order valence-corrected chi connectivity index (χ4v) is 1.71. The maximum absolute atomic E-state index is 10.8. The molecule has 2 aromatic rings. The Morgan fingerprint density at radius 1 is 1.29 bits per heavy atom. The molecule has 0 spiro atoms. The number of nitrogens with two attached hydrogens (primary N) is 2. The zero-order valence-electron chi connectivity index (χ0n) is 8.79. The lowest BCUT2D eigenvalue weighted by Gasteiger charge is -2.03. The van der Waals surface area contributed by atoms with Gasteiger partial charge in [-0.2, -0.15) is 0 Å². The van der Waals surface area contributed by atoms with E-state index in [1.807, 2.05) is 0 Å². The maximum Gasteiger partial charge on any atom is 0.248 e. The van der Waals surface area contributed by atoms with Crippen LogP contribution in [0.25, 0.3) is 0 Å². The lowest BCUT2D eigenvalue weighted by Crippen LogP contribution is -2.10. The third-order valence-electron chi connectivity index (χ3n) is 1.98. The Balaban J connectivity index is 1.97. The molecule has 0 atom stereocenters. The second-order valence-electron chi connectivity index (χ2n) is 3.21. The van der Waals surface area contributed by atoms with Gasteiger partial charge >= 0.3 is 0 Å². The lowest BCUT2D eigenvalue weighted by atomic mass is 10.2. The van der Waals surface area contributed by atoms with Gasteiger partial charge in [-0.15, -0.1) is 10.2 Å². The molecule has 0 saturated heterocycles. The number of carbonyl (C=O) groups excluding carboxylic acids is 1. The number of benzene rings is 1. The van der Waals surface area contributed by atoms with E-state index in [1.54, 1.807) is 24.3 Å². The minimum absolute atomic E-state index is 0.296. The van der Waals surface area contributed by atoms with Gasteiger partial charge < -0.3 is 16.2 Å². The first kappa shape index (κ1) is 11.3. The molecule has 0 aliphatic carbocycles. The minimum atomic E-state index is -0.464. The highest BCUT2D eigenvalue weighted by molar-refractivity contribution is 7.15. The second kappa shape index (κ2) is 4.79. The zero-order chi connectivity index (χ0) is 12.3. The first-order valence-electron chi connectivity index (χ1n) is 4.75. The second-order valence-corrected chi connectivity index (χ2v) is 4.30. The van der Waals surface area contributed by atoms with Gasteiger partial charge in [0.1, 0.15) is 12.4 Å². The Bertz CT molecular complexity index is 523. The number of primary amides is 1. The number of amides is 1. The summed E-state index contributed by atoms with van der Waals surface area (Å²) in [5, 5.41) is 8.60. The van der Waals surface area contributed by atoms with Crippen LogP contribution in [-0.2, 0) is 6.61 Å². The number of rotatable bonds is 4. The van der Waals surface area contributed by atoms with Gasteiger partial charge in [0.15, 0.2) is 5.01 Å². The average Bonchev–Trinajstić information content (AvgIpc) is 2.73. The van der Waals surface area contributed by atoms with Gasteiger partial charge in [-0.25, -0.2) is 0 Å². The molecule has 1 amide bonds. The fourth-order valence-electron chi connectivity index (χ4n) is 1.19. The number of aromatic nitrogens is 2. The molecule has 4 N–H and O–H groups in total. The summed E-state index contributed by atoms with van der Waals surface area (Å²) in [5.41, 5.74) is 11.0. The number of anilines is 1. The van der Waals surface area contributed by atoms with Crippen LogP contribution in [0.15, 0.2) is 24.3 Å². The third-order valence-corrected chi connectivity index (χ3v) is 2.71. The summed E-state index contributed by atoms with van der Waals surface area (Å²) in [6.45, 7) is 0.296. The first-order chi connectivity index (χ1) is 8.15. The molecular formula is C10H10N4O2S. The maximum atomic E-state index is 10.8. The van der Waals surface area contributed by atoms with E-state index in [-0.39, 0.29) is 0 Å². The molecule has 7 heteroatoms. The summed E-state index contributed by atoms with van der Waals surface area (Å²) in [7, 11) is 0. The molecular weight excluding hydrogens is 240 g/mol. The van der Waals surface area contributed by atoms with Crippen molar-refractivity contribution in [1.29, 1.82) is 0 Å². The van der Waals surface area contributed by atoms with E-state index in [0.717, 1.165) is 0 Å². The molecule has 0 saturated carbocycles. The summed E-state index contributed by atoms with van der Waals surface area (Å²) in [6, 6.07) is 6.55. The summed E-state index contributed by atoms with van der Waals surface area (Å²) in [4.78, 5) is 10.8. The first-order valence-corrected chi connectivity index (χ1v) is 5.57. The van der Waals surface area contributed by atoms with Crippen molar-refractivity contribution in [2.45, 2.75) is 6.61 Å². The van der Waals surface area contributed by atoms with Crippen LogP contribution in [0, 0.1) is 0 Å². The van der Waals surface area contributed by atoms with E-state index >= 15 is 0 Å². The normalized spacial score (nSPS) is 10.1. The molecule has 1 heterocycles. The Morgan fingerprint density at radius 2 is 2.00 bits per heavy atom. The fraction of sp³-hybridized carbons (Fsp3) is 0.100. The van der Waals surface area contributed by atoms with Crippen molar-refractivity contribution in [3.8, 4) is 5.75 Å². The number of hydrogen-bond acceptors (Lipinski definition) is 6. The molecule has 2 rings (SSSR count). The van der Waals surface area contributed by atoms with E-state index < -0.39 is 5.91 Å². The standard InChI is InChI=1S/C10H10N4O2S/c11-9(15)6-1-3-7(4-2-6)16-5-8-13-14-10(12)17-8/h1-4H,5H2,(H2,11,15)(H2,12,14). The third kappa shape index (κ3) is 2.91. The Hall–Kier alpha value is -2.15. The van der Waals surface area contributed by atoms with Gasteiger partial charge in [0, 0.05) is 5.56 Å². The van der Waals surface area contributed by atoms with Crippen LogP contribution in [0.1, 0.15) is 15.4 Å². The van der Waals surface area contributed by atoms with Crippen LogP contribution >= 0.6 is 11.3 Å². The van der Waals surface area contributed by atoms with Crippen molar-refractivity contribution in [2.24, 2.45) is 5.73 Å². The summed E-state index contributed by atoms with van der Waals surface area (Å²) < 4.78 is 5.44. The average molecular weight is 250 g/mol. The molecule has 0 aliphatic heterocycles. The molecule has 0 aliphatic rings. The van der Waals surface area contributed by atoms with Crippen LogP contribution in [0.2, 0.25) is 0 Å². The predicted octanol–water partition coefficient (Wildman–Crippen LogP) is 0.798. The van der Waals surface area contributed by atoms with Crippen molar-refractivity contribution < 1.29 is 9.53 Å². The van der Waals surface area contributed by atoms with E-state index in [9.17, 15) is 4.79 Å². The number of hydrogen-bond donors (Lipinski definition) is 2. The van der Waals surface area contributed by atoms with Gasteiger partial charge in [-0.3, -0.25) is 4.79 Å². The molecule has 0 bridgehead atoms. The van der Waals surface area contributed by atoms with Crippen molar-refractivity contribution in [1.82, 2.24) is 10.2 Å². The van der Waals surface area contributed by atoms with Crippen LogP contribution in [0.5, 0.6) is 5.75 Å². The van der Waals surface area contributed by atoms with Crippen molar-refractivity contribution in [3.05, 3.63) is 34.8 Å². The van der Waals surface area contributed by atoms with E-state index in [0.29, 0.717) is 28.1 Å². The highest BCUT2D eigenvalue weighted by atomic mass is 32.1. The van der Waals surface area contributed by atoms with Crippen molar-refractivity contribution >= 4 is 22.4 Å². The molecule has 0 radical (unpaired) electrons. The van der Waals surface area contributed by atoms with Gasteiger partial charge in [0.05, 0.1) is 0 Å². The molecule has 88 valence electrons. The van der Waals surface area contributed by atoms with E-state index in [2.05, 4.69) is 10.2 Å². The number of nitrogens with zero attached hydrogens (tertiary/aromatic N) is 2. The summed E-state index contributed by atoms with van der Waals surface area (Å²) in [6.07, 6.45) is 0. The molecule has 1 aromatic heterocycles. The lowest BCUT2D eigenvalue weighted by molar-refractivity contribution is 0.100. The highest BCUT2D eigenvalue weighted by Crippen LogP contribution is 2.16. The van der Waals surface area contributed by atoms with Crippen LogP contribution < -0.4 is 16.2 Å². The number of ether oxygens (including phenoxy) is 1. The minimum Gasteiger partial charge on any atom is -0.486 e. The SMILES string of the molecule is NC(=O)c1ccc(OCc2nnc(N)s2)cc1. The summed E-state index contributed by atoms with van der Waals surface area (Å²) in [5.74, 6) is 0.164. The van der Waals surface area contributed by atoms with Gasteiger partial charge in [-0.05, 0) is 24.3 Å². The Kier molecular flexibility index (Phi) is 3.20.